The number of carbonyl (C=O) groups excluding carboxylic acids is 1. The van der Waals surface area contributed by atoms with Crippen LogP contribution in [-0.4, -0.2) is 31.6 Å². The molecule has 0 atom stereocenters. The first-order valence-electron chi connectivity index (χ1n) is 4.76. The van der Waals surface area contributed by atoms with E-state index in [-0.39, 0.29) is 5.78 Å². The van der Waals surface area contributed by atoms with Crippen molar-refractivity contribution in [3.05, 3.63) is 15.9 Å². The lowest BCUT2D eigenvalue weighted by molar-refractivity contribution is -0.120. The van der Waals surface area contributed by atoms with Gasteiger partial charge in [-0.15, -0.1) is 11.3 Å². The third-order valence-electron chi connectivity index (χ3n) is 2.44. The Morgan fingerprint density at radius 2 is 1.94 bits per heavy atom. The molecule has 88 valence electrons. The molecule has 0 spiro atoms. The number of halogens is 1. The van der Waals surface area contributed by atoms with Crippen molar-refractivity contribution < 1.29 is 13.2 Å². The van der Waals surface area contributed by atoms with Gasteiger partial charge in [0.1, 0.15) is 9.99 Å². The van der Waals surface area contributed by atoms with Crippen molar-refractivity contribution in [2.45, 2.75) is 17.1 Å². The summed E-state index contributed by atoms with van der Waals surface area (Å²) in [4.78, 5) is 11.1. The summed E-state index contributed by atoms with van der Waals surface area (Å²) in [6.45, 7) is 0.594. The zero-order valence-corrected chi connectivity index (χ0v) is 11.6. The van der Waals surface area contributed by atoms with E-state index >= 15 is 0 Å². The quantitative estimate of drug-likeness (QED) is 0.834. The van der Waals surface area contributed by atoms with Crippen LogP contribution in [-0.2, 0) is 14.8 Å². The smallest absolute Gasteiger partial charge is 0.253 e. The molecule has 1 aromatic rings. The molecule has 1 aliphatic heterocycles. The van der Waals surface area contributed by atoms with Gasteiger partial charge in [0.05, 0.1) is 0 Å². The molecule has 1 saturated heterocycles. The highest BCUT2D eigenvalue weighted by molar-refractivity contribution is 9.10. The second-order valence-electron chi connectivity index (χ2n) is 3.50. The molecule has 0 bridgehead atoms. The molecule has 0 radical (unpaired) electrons. The van der Waals surface area contributed by atoms with Crippen LogP contribution >= 0.6 is 27.3 Å². The van der Waals surface area contributed by atoms with Crippen molar-refractivity contribution in [1.82, 2.24) is 4.31 Å². The molecular formula is C9H10BrNO3S2. The van der Waals surface area contributed by atoms with Gasteiger partial charge in [0.15, 0.2) is 0 Å². The van der Waals surface area contributed by atoms with Gasteiger partial charge in [-0.1, -0.05) is 0 Å². The van der Waals surface area contributed by atoms with Gasteiger partial charge in [-0.3, -0.25) is 4.79 Å². The molecule has 2 rings (SSSR count). The third kappa shape index (κ3) is 2.22. The van der Waals surface area contributed by atoms with Crippen LogP contribution in [0.25, 0.3) is 0 Å². The van der Waals surface area contributed by atoms with Crippen molar-refractivity contribution in [1.29, 1.82) is 0 Å². The fourth-order valence-electron chi connectivity index (χ4n) is 1.56. The van der Waals surface area contributed by atoms with Crippen molar-refractivity contribution in [2.24, 2.45) is 0 Å². The molecule has 1 fully saturated rings. The molecule has 0 aliphatic carbocycles. The Balaban J connectivity index is 2.27. The second-order valence-corrected chi connectivity index (χ2v) is 7.40. The highest BCUT2D eigenvalue weighted by Gasteiger charge is 2.30. The predicted octanol–water partition coefficient (Wildman–Crippen LogP) is 1.86. The van der Waals surface area contributed by atoms with E-state index in [1.165, 1.54) is 15.6 Å². The molecule has 0 N–H and O–H groups in total. The maximum absolute atomic E-state index is 12.2. The molecule has 7 heteroatoms. The molecule has 1 aliphatic rings. The monoisotopic (exact) mass is 323 g/mol. The van der Waals surface area contributed by atoms with Crippen LogP contribution in [0.15, 0.2) is 20.1 Å². The van der Waals surface area contributed by atoms with Gasteiger partial charge in [-0.2, -0.15) is 4.31 Å². The number of nitrogens with zero attached hydrogens (tertiary/aromatic N) is 1. The van der Waals surface area contributed by atoms with E-state index < -0.39 is 10.0 Å². The van der Waals surface area contributed by atoms with Crippen LogP contribution in [0.1, 0.15) is 12.8 Å². The Kier molecular flexibility index (Phi) is 3.48. The van der Waals surface area contributed by atoms with Crippen molar-refractivity contribution in [3.63, 3.8) is 0 Å². The first-order chi connectivity index (χ1) is 7.51. The van der Waals surface area contributed by atoms with Gasteiger partial charge in [-0.05, 0) is 27.4 Å². The number of Topliss-reactive ketones (excluding diaryl/α,β-unsaturated/α-hetero) is 1. The Morgan fingerprint density at radius 3 is 2.44 bits per heavy atom. The number of ketones is 1. The number of hydrogen-bond acceptors (Lipinski definition) is 4. The van der Waals surface area contributed by atoms with Crippen molar-refractivity contribution in [3.8, 4) is 0 Å². The fourth-order valence-corrected chi connectivity index (χ4v) is 5.45. The van der Waals surface area contributed by atoms with E-state index in [1.54, 1.807) is 11.4 Å². The molecule has 4 nitrogen and oxygen atoms in total. The SMILES string of the molecule is O=C1CCN(S(=O)(=O)c2sccc2Br)CC1. The maximum atomic E-state index is 12.2. The number of rotatable bonds is 2. The summed E-state index contributed by atoms with van der Waals surface area (Å²) < 4.78 is 26.6. The third-order valence-corrected chi connectivity index (χ3v) is 6.98. The lowest BCUT2D eigenvalue weighted by Crippen LogP contribution is -2.38. The van der Waals surface area contributed by atoms with Gasteiger partial charge in [-0.25, -0.2) is 8.42 Å². The predicted molar refractivity (Wildman–Crippen MR) is 65.0 cm³/mol. The summed E-state index contributed by atoms with van der Waals surface area (Å²) in [6, 6.07) is 1.71. The molecule has 0 unspecified atom stereocenters. The van der Waals surface area contributed by atoms with Gasteiger partial charge in [0.25, 0.3) is 10.0 Å². The van der Waals surface area contributed by atoms with Gasteiger partial charge < -0.3 is 0 Å². The maximum Gasteiger partial charge on any atom is 0.253 e. The number of thiophene rings is 1. The summed E-state index contributed by atoms with van der Waals surface area (Å²) >= 11 is 4.41. The summed E-state index contributed by atoms with van der Waals surface area (Å²) in [5.41, 5.74) is 0. The minimum absolute atomic E-state index is 0.136. The normalized spacial score (nSPS) is 18.9. The van der Waals surface area contributed by atoms with Crippen molar-refractivity contribution in [2.75, 3.05) is 13.1 Å². The summed E-state index contributed by atoms with van der Waals surface area (Å²) in [5.74, 6) is 0.136. The van der Waals surface area contributed by atoms with Crippen LogP contribution in [0.5, 0.6) is 0 Å². The number of hydrogen-bond donors (Lipinski definition) is 0. The van der Waals surface area contributed by atoms with Crippen LogP contribution in [0.2, 0.25) is 0 Å². The lowest BCUT2D eigenvalue weighted by atomic mass is 10.1. The zero-order valence-electron chi connectivity index (χ0n) is 8.35. The van der Waals surface area contributed by atoms with Crippen molar-refractivity contribution >= 4 is 43.1 Å². The molecule has 16 heavy (non-hydrogen) atoms. The largest absolute Gasteiger partial charge is 0.300 e. The highest BCUT2D eigenvalue weighted by atomic mass is 79.9. The topological polar surface area (TPSA) is 54.5 Å². The molecule has 0 aromatic carbocycles. The first-order valence-corrected chi connectivity index (χ1v) is 7.88. The summed E-state index contributed by atoms with van der Waals surface area (Å²) in [6.07, 6.45) is 0.643. The standard InChI is InChI=1S/C9H10BrNO3S2/c10-8-3-6-15-9(8)16(13,14)11-4-1-7(12)2-5-11/h3,6H,1-2,4-5H2. The Bertz CT molecular complexity index is 499. The number of piperidine rings is 1. The average molecular weight is 324 g/mol. The van der Waals surface area contributed by atoms with Crippen LogP contribution in [0, 0.1) is 0 Å². The minimum atomic E-state index is -3.42. The van der Waals surface area contributed by atoms with Gasteiger partial charge >= 0.3 is 0 Å². The molecule has 0 amide bonds. The van der Waals surface area contributed by atoms with Gasteiger partial charge in [0.2, 0.25) is 0 Å². The Morgan fingerprint density at radius 1 is 1.31 bits per heavy atom. The zero-order chi connectivity index (χ0) is 11.8. The summed E-state index contributed by atoms with van der Waals surface area (Å²) in [5, 5.41) is 1.73. The van der Waals surface area contributed by atoms with E-state index in [0.717, 1.165) is 0 Å². The van der Waals surface area contributed by atoms with E-state index in [2.05, 4.69) is 15.9 Å². The van der Waals surface area contributed by atoms with E-state index in [4.69, 9.17) is 0 Å². The Hall–Kier alpha value is -0.240. The van der Waals surface area contributed by atoms with E-state index in [9.17, 15) is 13.2 Å². The highest BCUT2D eigenvalue weighted by Crippen LogP contribution is 2.31. The Labute approximate surface area is 106 Å². The van der Waals surface area contributed by atoms with Crippen LogP contribution in [0.3, 0.4) is 0 Å². The number of carbonyl (C=O) groups is 1. The lowest BCUT2D eigenvalue weighted by Gasteiger charge is -2.24. The minimum Gasteiger partial charge on any atom is -0.300 e. The molecule has 1 aromatic heterocycles. The second kappa shape index (κ2) is 4.56. The van der Waals surface area contributed by atoms with Crippen LogP contribution < -0.4 is 0 Å². The van der Waals surface area contributed by atoms with E-state index in [0.29, 0.717) is 34.6 Å². The first kappa shape index (κ1) is 12.2. The fraction of sp³-hybridized carbons (Fsp3) is 0.444. The molecule has 0 saturated carbocycles. The average Bonchev–Trinajstić information content (AvgIpc) is 2.66. The van der Waals surface area contributed by atoms with E-state index in [1.807, 2.05) is 0 Å². The summed E-state index contributed by atoms with van der Waals surface area (Å²) in [7, 11) is -3.42. The number of sulfonamides is 1. The van der Waals surface area contributed by atoms with Gasteiger partial charge in [0, 0.05) is 30.4 Å². The van der Waals surface area contributed by atoms with Crippen LogP contribution in [0.4, 0.5) is 0 Å². The molecule has 2 heterocycles. The molecular weight excluding hydrogens is 314 g/mol.